The fourth-order valence-electron chi connectivity index (χ4n) is 4.76. The van der Waals surface area contributed by atoms with Gasteiger partial charge in [-0.2, -0.15) is 0 Å². The number of aromatic nitrogens is 1. The van der Waals surface area contributed by atoms with Gasteiger partial charge in [0.15, 0.2) is 17.1 Å². The van der Waals surface area contributed by atoms with Crippen LogP contribution < -0.4 is 0 Å². The van der Waals surface area contributed by atoms with Crippen molar-refractivity contribution in [2.45, 2.75) is 12.1 Å². The summed E-state index contributed by atoms with van der Waals surface area (Å²) in [5.41, 5.74) is 1.65. The maximum absolute atomic E-state index is 13.7. The molecule has 0 spiro atoms. The van der Waals surface area contributed by atoms with Crippen LogP contribution in [0.3, 0.4) is 0 Å². The Hall–Kier alpha value is -3.15. The molecule has 1 fully saturated rings. The predicted molar refractivity (Wildman–Crippen MR) is 114 cm³/mol. The van der Waals surface area contributed by atoms with Gasteiger partial charge in [0.05, 0.1) is 0 Å². The minimum absolute atomic E-state index is 0.132. The fraction of sp³-hybridized carbons (Fsp3) is 0.240. The van der Waals surface area contributed by atoms with Crippen molar-refractivity contribution in [3.8, 4) is 0 Å². The van der Waals surface area contributed by atoms with E-state index in [0.29, 0.717) is 29.8 Å². The van der Waals surface area contributed by atoms with E-state index in [4.69, 9.17) is 0 Å². The van der Waals surface area contributed by atoms with E-state index in [-0.39, 0.29) is 11.6 Å². The molecule has 3 aromatic rings. The van der Waals surface area contributed by atoms with E-state index in [1.807, 2.05) is 24.3 Å². The standard InChI is InChI=1S/C25H23N3O2/c29-23-21-10-4-5-11-22(21)24(30)25(23,20-9-6-12-26-17-20)28-15-13-27(14-16-28)18-19-7-2-1-3-8-19/h1-12,17H,13-16,18H2. The lowest BCUT2D eigenvalue weighted by molar-refractivity contribution is 0.0278. The van der Waals surface area contributed by atoms with Crippen LogP contribution in [0, 0.1) is 0 Å². The lowest BCUT2D eigenvalue weighted by Crippen LogP contribution is -2.60. The van der Waals surface area contributed by atoms with Gasteiger partial charge in [0, 0.05) is 61.8 Å². The summed E-state index contributed by atoms with van der Waals surface area (Å²) in [5.74, 6) is -0.264. The van der Waals surface area contributed by atoms with Crippen molar-refractivity contribution in [2.75, 3.05) is 26.2 Å². The van der Waals surface area contributed by atoms with Crippen LogP contribution in [0.25, 0.3) is 0 Å². The highest BCUT2D eigenvalue weighted by molar-refractivity contribution is 6.32. The van der Waals surface area contributed by atoms with E-state index in [1.54, 1.807) is 30.6 Å². The molecule has 0 amide bonds. The normalized spacial score (nSPS) is 19.1. The average Bonchev–Trinajstić information content (AvgIpc) is 3.04. The number of hydrogen-bond acceptors (Lipinski definition) is 5. The van der Waals surface area contributed by atoms with Crippen LogP contribution in [0.5, 0.6) is 0 Å². The predicted octanol–water partition coefficient (Wildman–Crippen LogP) is 3.17. The van der Waals surface area contributed by atoms with E-state index < -0.39 is 5.54 Å². The minimum atomic E-state index is -1.31. The molecule has 5 rings (SSSR count). The molecule has 2 heterocycles. The molecule has 5 nitrogen and oxygen atoms in total. The van der Waals surface area contributed by atoms with Gasteiger partial charge in [0.2, 0.25) is 0 Å². The second-order valence-electron chi connectivity index (χ2n) is 7.90. The zero-order valence-electron chi connectivity index (χ0n) is 16.7. The molecule has 150 valence electrons. The van der Waals surface area contributed by atoms with Crippen molar-refractivity contribution in [3.63, 3.8) is 0 Å². The first-order valence-electron chi connectivity index (χ1n) is 10.3. The lowest BCUT2D eigenvalue weighted by atomic mass is 9.83. The highest BCUT2D eigenvalue weighted by Gasteiger charge is 2.58. The van der Waals surface area contributed by atoms with E-state index in [0.717, 1.165) is 19.6 Å². The zero-order chi connectivity index (χ0) is 20.6. The Kier molecular flexibility index (Phi) is 4.77. The molecule has 0 saturated carbocycles. The summed E-state index contributed by atoms with van der Waals surface area (Å²) in [6, 6.07) is 21.2. The summed E-state index contributed by atoms with van der Waals surface area (Å²) in [6.45, 7) is 3.76. The second-order valence-corrected chi connectivity index (χ2v) is 7.90. The van der Waals surface area contributed by atoms with E-state index in [2.05, 4.69) is 39.0 Å². The summed E-state index contributed by atoms with van der Waals surface area (Å²) in [7, 11) is 0. The highest BCUT2D eigenvalue weighted by Crippen LogP contribution is 2.42. The van der Waals surface area contributed by atoms with Crippen molar-refractivity contribution in [1.82, 2.24) is 14.8 Å². The van der Waals surface area contributed by atoms with Crippen LogP contribution in [0.1, 0.15) is 31.8 Å². The molecule has 1 aliphatic carbocycles. The van der Waals surface area contributed by atoms with E-state index in [1.165, 1.54) is 5.56 Å². The Labute approximate surface area is 176 Å². The first-order valence-corrected chi connectivity index (χ1v) is 10.3. The van der Waals surface area contributed by atoms with E-state index >= 15 is 0 Å². The highest BCUT2D eigenvalue weighted by atomic mass is 16.2. The molecule has 1 aromatic heterocycles. The zero-order valence-corrected chi connectivity index (χ0v) is 16.7. The number of ketones is 2. The third-order valence-electron chi connectivity index (χ3n) is 6.25. The molecule has 2 aromatic carbocycles. The maximum Gasteiger partial charge on any atom is 0.196 e. The lowest BCUT2D eigenvalue weighted by Gasteiger charge is -2.43. The maximum atomic E-state index is 13.7. The van der Waals surface area contributed by atoms with Crippen LogP contribution in [-0.4, -0.2) is 52.5 Å². The summed E-state index contributed by atoms with van der Waals surface area (Å²) < 4.78 is 0. The molecule has 5 heteroatoms. The number of rotatable bonds is 4. The van der Waals surface area contributed by atoms with Crippen molar-refractivity contribution in [2.24, 2.45) is 0 Å². The van der Waals surface area contributed by atoms with Gasteiger partial charge in [0.1, 0.15) is 0 Å². The third kappa shape index (κ3) is 2.90. The largest absolute Gasteiger partial charge is 0.297 e. The van der Waals surface area contributed by atoms with Gasteiger partial charge < -0.3 is 0 Å². The topological polar surface area (TPSA) is 53.5 Å². The molecule has 30 heavy (non-hydrogen) atoms. The van der Waals surface area contributed by atoms with Crippen LogP contribution in [0.2, 0.25) is 0 Å². The van der Waals surface area contributed by atoms with Crippen molar-refractivity contribution < 1.29 is 9.59 Å². The first kappa shape index (κ1) is 18.9. The van der Waals surface area contributed by atoms with Gasteiger partial charge in [-0.1, -0.05) is 60.7 Å². The van der Waals surface area contributed by atoms with E-state index in [9.17, 15) is 9.59 Å². The van der Waals surface area contributed by atoms with Crippen LogP contribution in [-0.2, 0) is 12.1 Å². The SMILES string of the molecule is O=C1c2ccccc2C(=O)C1(c1cccnc1)N1CCN(Cc2ccccc2)CC1. The molecule has 1 saturated heterocycles. The summed E-state index contributed by atoms with van der Waals surface area (Å²) in [5, 5.41) is 0. The number of fused-ring (bicyclic) bond motifs is 1. The van der Waals surface area contributed by atoms with Gasteiger partial charge in [0.25, 0.3) is 0 Å². The van der Waals surface area contributed by atoms with Crippen LogP contribution in [0.15, 0.2) is 79.1 Å². The number of nitrogens with zero attached hydrogens (tertiary/aromatic N) is 3. The van der Waals surface area contributed by atoms with Gasteiger partial charge in [-0.25, -0.2) is 0 Å². The second kappa shape index (κ2) is 7.59. The van der Waals surface area contributed by atoms with Gasteiger partial charge in [-0.3, -0.25) is 24.4 Å². The van der Waals surface area contributed by atoms with Gasteiger partial charge >= 0.3 is 0 Å². The van der Waals surface area contributed by atoms with Gasteiger partial charge in [-0.05, 0) is 11.6 Å². The van der Waals surface area contributed by atoms with Crippen LogP contribution >= 0.6 is 0 Å². The smallest absolute Gasteiger partial charge is 0.196 e. The monoisotopic (exact) mass is 397 g/mol. The number of pyridine rings is 1. The Balaban J connectivity index is 1.47. The van der Waals surface area contributed by atoms with Crippen molar-refractivity contribution >= 4 is 11.6 Å². The molecule has 0 radical (unpaired) electrons. The molecule has 0 unspecified atom stereocenters. The Morgan fingerprint density at radius 2 is 1.40 bits per heavy atom. The number of carbonyl (C=O) groups is 2. The molecular formula is C25H23N3O2. The average molecular weight is 397 g/mol. The van der Waals surface area contributed by atoms with Crippen molar-refractivity contribution in [1.29, 1.82) is 0 Å². The number of hydrogen-bond donors (Lipinski definition) is 0. The summed E-state index contributed by atoms with van der Waals surface area (Å²) >= 11 is 0. The fourth-order valence-corrected chi connectivity index (χ4v) is 4.76. The number of benzene rings is 2. The number of carbonyl (C=O) groups excluding carboxylic acids is 2. The Morgan fingerprint density at radius 3 is 2.00 bits per heavy atom. The van der Waals surface area contributed by atoms with Crippen LogP contribution in [0.4, 0.5) is 0 Å². The summed E-state index contributed by atoms with van der Waals surface area (Å²) in [4.78, 5) is 36.1. The molecular weight excluding hydrogens is 374 g/mol. The quantitative estimate of drug-likeness (QED) is 0.633. The molecule has 1 aliphatic heterocycles. The first-order chi connectivity index (χ1) is 14.7. The molecule has 2 aliphatic rings. The number of piperazine rings is 1. The Morgan fingerprint density at radius 1 is 0.767 bits per heavy atom. The summed E-state index contributed by atoms with van der Waals surface area (Å²) in [6.07, 6.45) is 3.34. The molecule has 0 N–H and O–H groups in total. The Bertz CT molecular complexity index is 1040. The number of Topliss-reactive ketones (excluding diaryl/α,β-unsaturated/α-hetero) is 2. The molecule has 0 atom stereocenters. The minimum Gasteiger partial charge on any atom is -0.297 e. The van der Waals surface area contributed by atoms with Gasteiger partial charge in [-0.15, -0.1) is 0 Å². The molecule has 0 bridgehead atoms. The third-order valence-corrected chi connectivity index (χ3v) is 6.25. The van der Waals surface area contributed by atoms with Crippen molar-refractivity contribution in [3.05, 3.63) is 101 Å².